The number of rotatable bonds is 8. The van der Waals surface area contributed by atoms with Crippen LogP contribution in [-0.4, -0.2) is 31.9 Å². The van der Waals surface area contributed by atoms with Crippen molar-refractivity contribution in [2.45, 2.75) is 24.3 Å². The fourth-order valence-electron chi connectivity index (χ4n) is 2.69. The summed E-state index contributed by atoms with van der Waals surface area (Å²) >= 11 is 1.57. The summed E-state index contributed by atoms with van der Waals surface area (Å²) in [6, 6.07) is 10.8. The zero-order valence-electron chi connectivity index (χ0n) is 14.6. The van der Waals surface area contributed by atoms with Crippen molar-refractivity contribution in [1.29, 1.82) is 0 Å². The standard InChI is InChI=1S/C18H21N3O3S2/c1-3-14-7-8-16(24-2)18(12-14)26(22,23)20-13-15(17-6-4-11-25-17)21-10-5-9-19-21/h4-12,15,20H,3,13H2,1-2H3. The molecule has 0 fully saturated rings. The van der Waals surface area contributed by atoms with Gasteiger partial charge in [0, 0.05) is 23.8 Å². The first-order chi connectivity index (χ1) is 12.5. The van der Waals surface area contributed by atoms with Crippen LogP contribution >= 0.6 is 11.3 Å². The van der Waals surface area contributed by atoms with Gasteiger partial charge in [-0.05, 0) is 41.6 Å². The number of aryl methyl sites for hydroxylation is 1. The quantitative estimate of drug-likeness (QED) is 0.640. The van der Waals surface area contributed by atoms with E-state index in [1.807, 2.05) is 42.8 Å². The number of nitrogens with zero attached hydrogens (tertiary/aromatic N) is 2. The Bertz CT molecular complexity index is 902. The van der Waals surface area contributed by atoms with Gasteiger partial charge in [0.15, 0.2) is 0 Å². The zero-order valence-corrected chi connectivity index (χ0v) is 16.3. The molecule has 0 saturated heterocycles. The van der Waals surface area contributed by atoms with E-state index in [9.17, 15) is 8.42 Å². The molecule has 0 amide bonds. The molecule has 8 heteroatoms. The maximum atomic E-state index is 12.9. The second-order valence-corrected chi connectivity index (χ2v) is 8.42. The fourth-order valence-corrected chi connectivity index (χ4v) is 4.76. The maximum Gasteiger partial charge on any atom is 0.244 e. The lowest BCUT2D eigenvalue weighted by molar-refractivity contribution is 0.402. The molecule has 0 aliphatic heterocycles. The largest absolute Gasteiger partial charge is 0.495 e. The number of nitrogens with one attached hydrogen (secondary N) is 1. The molecule has 0 aliphatic carbocycles. The van der Waals surface area contributed by atoms with Crippen molar-refractivity contribution < 1.29 is 13.2 Å². The van der Waals surface area contributed by atoms with Gasteiger partial charge in [-0.25, -0.2) is 13.1 Å². The van der Waals surface area contributed by atoms with Crippen molar-refractivity contribution >= 4 is 21.4 Å². The number of ether oxygens (including phenoxy) is 1. The van der Waals surface area contributed by atoms with Crippen molar-refractivity contribution in [3.8, 4) is 5.75 Å². The lowest BCUT2D eigenvalue weighted by Crippen LogP contribution is -2.31. The Kier molecular flexibility index (Phi) is 5.75. The van der Waals surface area contributed by atoms with E-state index in [-0.39, 0.29) is 17.5 Å². The molecule has 6 nitrogen and oxygen atoms in total. The Hall–Kier alpha value is -2.16. The molecule has 2 aromatic heterocycles. The zero-order chi connectivity index (χ0) is 18.6. The monoisotopic (exact) mass is 391 g/mol. The van der Waals surface area contributed by atoms with Gasteiger partial charge in [0.1, 0.15) is 10.6 Å². The van der Waals surface area contributed by atoms with E-state index >= 15 is 0 Å². The molecule has 0 saturated carbocycles. The highest BCUT2D eigenvalue weighted by atomic mass is 32.2. The van der Waals surface area contributed by atoms with Crippen LogP contribution in [0.2, 0.25) is 0 Å². The number of benzene rings is 1. The topological polar surface area (TPSA) is 73.2 Å². The Balaban J connectivity index is 1.87. The Morgan fingerprint density at radius 1 is 1.31 bits per heavy atom. The number of methoxy groups -OCH3 is 1. The molecule has 26 heavy (non-hydrogen) atoms. The summed E-state index contributed by atoms with van der Waals surface area (Å²) in [5, 5.41) is 6.24. The smallest absolute Gasteiger partial charge is 0.244 e. The molecule has 0 bridgehead atoms. The number of aromatic nitrogens is 2. The summed E-state index contributed by atoms with van der Waals surface area (Å²) in [7, 11) is -2.25. The molecule has 0 radical (unpaired) electrons. The number of thiophene rings is 1. The normalized spacial score (nSPS) is 12.8. The summed E-state index contributed by atoms with van der Waals surface area (Å²) in [5.41, 5.74) is 0.938. The van der Waals surface area contributed by atoms with Crippen molar-refractivity contribution in [2.24, 2.45) is 0 Å². The van der Waals surface area contributed by atoms with Crippen LogP contribution in [0.15, 0.2) is 59.1 Å². The summed E-state index contributed by atoms with van der Waals surface area (Å²) in [6.07, 6.45) is 4.26. The van der Waals surface area contributed by atoms with Gasteiger partial charge < -0.3 is 4.74 Å². The van der Waals surface area contributed by atoms with Gasteiger partial charge in [0.2, 0.25) is 10.0 Å². The summed E-state index contributed by atoms with van der Waals surface area (Å²) < 4.78 is 35.5. The third kappa shape index (κ3) is 3.98. The van der Waals surface area contributed by atoms with E-state index in [4.69, 9.17) is 4.74 Å². The highest BCUT2D eigenvalue weighted by molar-refractivity contribution is 7.89. The molecule has 3 rings (SSSR count). The van der Waals surface area contributed by atoms with Gasteiger partial charge in [-0.1, -0.05) is 19.1 Å². The van der Waals surface area contributed by atoms with Crippen LogP contribution in [0.1, 0.15) is 23.4 Å². The first-order valence-corrected chi connectivity index (χ1v) is 10.6. The molecule has 138 valence electrons. The van der Waals surface area contributed by atoms with Crippen molar-refractivity contribution in [3.05, 3.63) is 64.6 Å². The van der Waals surface area contributed by atoms with E-state index in [0.717, 1.165) is 16.9 Å². The van der Waals surface area contributed by atoms with Gasteiger partial charge in [0.25, 0.3) is 0 Å². The third-order valence-electron chi connectivity index (χ3n) is 4.11. The molecule has 1 atom stereocenters. The SMILES string of the molecule is CCc1ccc(OC)c(S(=O)(=O)NCC(c2cccs2)n2cccn2)c1. The minimum atomic E-state index is -3.72. The molecule has 0 spiro atoms. The van der Waals surface area contributed by atoms with Crippen LogP contribution in [-0.2, 0) is 16.4 Å². The second-order valence-electron chi connectivity index (χ2n) is 5.71. The van der Waals surface area contributed by atoms with Crippen LogP contribution in [0, 0.1) is 0 Å². The highest BCUT2D eigenvalue weighted by Gasteiger charge is 2.23. The number of hydrogen-bond donors (Lipinski definition) is 1. The van der Waals surface area contributed by atoms with E-state index in [2.05, 4.69) is 9.82 Å². The number of sulfonamides is 1. The molecule has 1 N–H and O–H groups in total. The molecular weight excluding hydrogens is 370 g/mol. The van der Waals surface area contributed by atoms with Gasteiger partial charge in [0.05, 0.1) is 13.2 Å². The lowest BCUT2D eigenvalue weighted by atomic mass is 10.2. The molecule has 1 aromatic carbocycles. The molecule has 1 unspecified atom stereocenters. The predicted octanol–water partition coefficient (Wildman–Crippen LogP) is 3.08. The predicted molar refractivity (Wildman–Crippen MR) is 102 cm³/mol. The second kappa shape index (κ2) is 8.03. The average molecular weight is 392 g/mol. The lowest BCUT2D eigenvalue weighted by Gasteiger charge is -2.18. The van der Waals surface area contributed by atoms with Crippen molar-refractivity contribution in [3.63, 3.8) is 0 Å². The Morgan fingerprint density at radius 3 is 2.77 bits per heavy atom. The van der Waals surface area contributed by atoms with Crippen LogP contribution in [0.25, 0.3) is 0 Å². The van der Waals surface area contributed by atoms with E-state index in [1.54, 1.807) is 34.3 Å². The average Bonchev–Trinajstić information content (AvgIpc) is 3.35. The molecule has 2 heterocycles. The van der Waals surface area contributed by atoms with Crippen molar-refractivity contribution in [1.82, 2.24) is 14.5 Å². The van der Waals surface area contributed by atoms with Crippen LogP contribution in [0.5, 0.6) is 5.75 Å². The summed E-state index contributed by atoms with van der Waals surface area (Å²) in [6.45, 7) is 2.18. The number of hydrogen-bond acceptors (Lipinski definition) is 5. The first-order valence-electron chi connectivity index (χ1n) is 8.24. The molecule has 0 aliphatic rings. The fraction of sp³-hybridized carbons (Fsp3) is 0.278. The van der Waals surface area contributed by atoms with Gasteiger partial charge in [-0.3, -0.25) is 4.68 Å². The van der Waals surface area contributed by atoms with Crippen molar-refractivity contribution in [2.75, 3.05) is 13.7 Å². The van der Waals surface area contributed by atoms with E-state index < -0.39 is 10.0 Å². The van der Waals surface area contributed by atoms with E-state index in [0.29, 0.717) is 5.75 Å². The van der Waals surface area contributed by atoms with Gasteiger partial charge in [-0.15, -0.1) is 11.3 Å². The maximum absolute atomic E-state index is 12.9. The Morgan fingerprint density at radius 2 is 2.15 bits per heavy atom. The summed E-state index contributed by atoms with van der Waals surface area (Å²) in [5.74, 6) is 0.335. The Labute approximate surface area is 157 Å². The first kappa shape index (κ1) is 18.6. The van der Waals surface area contributed by atoms with Crippen LogP contribution in [0.4, 0.5) is 0 Å². The van der Waals surface area contributed by atoms with Crippen LogP contribution in [0.3, 0.4) is 0 Å². The summed E-state index contributed by atoms with van der Waals surface area (Å²) in [4.78, 5) is 1.19. The minimum absolute atomic E-state index is 0.157. The molecule has 3 aromatic rings. The van der Waals surface area contributed by atoms with Gasteiger partial charge >= 0.3 is 0 Å². The van der Waals surface area contributed by atoms with E-state index in [1.165, 1.54) is 7.11 Å². The molecular formula is C18H21N3O3S2. The minimum Gasteiger partial charge on any atom is -0.495 e. The van der Waals surface area contributed by atoms with Gasteiger partial charge in [-0.2, -0.15) is 5.10 Å². The third-order valence-corrected chi connectivity index (χ3v) is 6.53. The highest BCUT2D eigenvalue weighted by Crippen LogP contribution is 2.27. The van der Waals surface area contributed by atoms with Crippen LogP contribution < -0.4 is 9.46 Å².